The number of fused-ring (bicyclic) bond motifs is 1. The number of imidazole rings is 1. The third kappa shape index (κ3) is 3.64. The molecule has 1 atom stereocenters. The van der Waals surface area contributed by atoms with Crippen molar-refractivity contribution in [2.75, 3.05) is 0 Å². The minimum atomic E-state index is -4.29. The van der Waals surface area contributed by atoms with Crippen LogP contribution in [0.2, 0.25) is 0 Å². The van der Waals surface area contributed by atoms with Crippen LogP contribution in [0.25, 0.3) is 11.0 Å². The molecule has 0 spiro atoms. The van der Waals surface area contributed by atoms with Crippen LogP contribution in [-0.2, 0) is 23.0 Å². The predicted octanol–water partition coefficient (Wildman–Crippen LogP) is 3.68. The summed E-state index contributed by atoms with van der Waals surface area (Å²) in [4.78, 5) is 11.3. The number of pyridine rings is 1. The van der Waals surface area contributed by atoms with Crippen molar-refractivity contribution in [1.82, 2.24) is 15.0 Å². The molecule has 0 aliphatic heterocycles. The van der Waals surface area contributed by atoms with E-state index in [2.05, 4.69) is 15.0 Å². The number of benzene rings is 1. The first kappa shape index (κ1) is 16.6. The van der Waals surface area contributed by atoms with E-state index >= 15 is 0 Å². The number of nitrogens with one attached hydrogen (secondary N) is 1. The van der Waals surface area contributed by atoms with Crippen molar-refractivity contribution < 1.29 is 17.4 Å². The van der Waals surface area contributed by atoms with Crippen LogP contribution in [0.4, 0.5) is 13.2 Å². The molecule has 0 amide bonds. The number of aromatic nitrogens is 3. The second-order valence-electron chi connectivity index (χ2n) is 5.38. The summed E-state index contributed by atoms with van der Waals surface area (Å²) in [6.07, 6.45) is -3.99. The van der Waals surface area contributed by atoms with E-state index in [4.69, 9.17) is 0 Å². The summed E-state index contributed by atoms with van der Waals surface area (Å²) in [6, 6.07) is 8.61. The first-order valence-corrected chi connectivity index (χ1v) is 8.48. The van der Waals surface area contributed by atoms with Crippen molar-refractivity contribution in [1.29, 1.82) is 0 Å². The molecule has 2 heterocycles. The van der Waals surface area contributed by atoms with Crippen LogP contribution in [0.15, 0.2) is 41.7 Å². The van der Waals surface area contributed by atoms with Crippen LogP contribution in [0.5, 0.6) is 0 Å². The molecule has 24 heavy (non-hydrogen) atoms. The van der Waals surface area contributed by atoms with Gasteiger partial charge in [0.25, 0.3) is 0 Å². The Morgan fingerprint density at radius 1 is 1.21 bits per heavy atom. The van der Waals surface area contributed by atoms with Crippen LogP contribution in [0.1, 0.15) is 16.8 Å². The van der Waals surface area contributed by atoms with Crippen LogP contribution < -0.4 is 0 Å². The first-order chi connectivity index (χ1) is 11.3. The van der Waals surface area contributed by atoms with Gasteiger partial charge in [-0.25, -0.2) is 4.98 Å². The Morgan fingerprint density at radius 3 is 2.67 bits per heavy atom. The highest BCUT2D eigenvalue weighted by Gasteiger charge is 2.29. The quantitative estimate of drug-likeness (QED) is 0.778. The van der Waals surface area contributed by atoms with E-state index in [-0.39, 0.29) is 11.3 Å². The smallest absolute Gasteiger partial charge is 0.331 e. The van der Waals surface area contributed by atoms with E-state index in [1.165, 1.54) is 12.3 Å². The standard InChI is InChI=1S/C16H14F3N3OS/c1-10-11(8-16(17,18)19)6-7-20-14(10)9-24(23)15-21-12-4-2-3-5-13(12)22-15/h2-7H,8-9H2,1H3,(H,21,22)/t24-/m1/s1. The molecule has 0 saturated carbocycles. The van der Waals surface area contributed by atoms with E-state index in [1.807, 2.05) is 18.2 Å². The maximum Gasteiger partial charge on any atom is 0.393 e. The Bertz CT molecular complexity index is 872. The van der Waals surface area contributed by atoms with Crippen LogP contribution in [0.3, 0.4) is 0 Å². The second-order valence-corrected chi connectivity index (χ2v) is 6.75. The number of rotatable bonds is 4. The zero-order chi connectivity index (χ0) is 17.3. The highest BCUT2D eigenvalue weighted by atomic mass is 32.2. The van der Waals surface area contributed by atoms with Gasteiger partial charge in [0.2, 0.25) is 0 Å². The highest BCUT2D eigenvalue weighted by Crippen LogP contribution is 2.25. The lowest BCUT2D eigenvalue weighted by Crippen LogP contribution is -2.14. The van der Waals surface area contributed by atoms with E-state index < -0.39 is 23.4 Å². The van der Waals surface area contributed by atoms with Gasteiger partial charge in [0.1, 0.15) is 0 Å². The molecule has 1 N–H and O–H groups in total. The average Bonchev–Trinajstić information content (AvgIpc) is 2.94. The fourth-order valence-corrected chi connectivity index (χ4v) is 3.51. The van der Waals surface area contributed by atoms with E-state index in [1.54, 1.807) is 13.0 Å². The van der Waals surface area contributed by atoms with Crippen LogP contribution in [0, 0.1) is 6.92 Å². The highest BCUT2D eigenvalue weighted by molar-refractivity contribution is 7.84. The fourth-order valence-electron chi connectivity index (χ4n) is 2.41. The Balaban J connectivity index is 1.85. The molecular weight excluding hydrogens is 339 g/mol. The maximum atomic E-state index is 12.6. The third-order valence-electron chi connectivity index (χ3n) is 3.66. The number of alkyl halides is 3. The largest absolute Gasteiger partial charge is 0.393 e. The Kier molecular flexibility index (Phi) is 4.40. The molecule has 4 nitrogen and oxygen atoms in total. The first-order valence-electron chi connectivity index (χ1n) is 7.17. The Labute approximate surface area is 138 Å². The molecule has 8 heteroatoms. The van der Waals surface area contributed by atoms with Crippen molar-refractivity contribution in [2.45, 2.75) is 30.4 Å². The monoisotopic (exact) mass is 353 g/mol. The lowest BCUT2D eigenvalue weighted by molar-refractivity contribution is -0.127. The molecule has 3 aromatic rings. The van der Waals surface area contributed by atoms with Gasteiger partial charge in [0, 0.05) is 6.20 Å². The number of hydrogen-bond donors (Lipinski definition) is 1. The topological polar surface area (TPSA) is 58.6 Å². The summed E-state index contributed by atoms with van der Waals surface area (Å²) >= 11 is 0. The average molecular weight is 353 g/mol. The van der Waals surface area contributed by atoms with Gasteiger partial charge < -0.3 is 4.98 Å². The van der Waals surface area contributed by atoms with Crippen molar-refractivity contribution in [2.24, 2.45) is 0 Å². The molecule has 0 aliphatic rings. The van der Waals surface area contributed by atoms with Gasteiger partial charge in [0.15, 0.2) is 5.16 Å². The van der Waals surface area contributed by atoms with Gasteiger partial charge in [-0.05, 0) is 36.2 Å². The van der Waals surface area contributed by atoms with E-state index in [9.17, 15) is 17.4 Å². The van der Waals surface area contributed by atoms with Gasteiger partial charge in [-0.15, -0.1) is 0 Å². The summed E-state index contributed by atoms with van der Waals surface area (Å²) < 4.78 is 50.3. The molecule has 1 aromatic carbocycles. The predicted molar refractivity (Wildman–Crippen MR) is 84.9 cm³/mol. The molecule has 0 aliphatic carbocycles. The minimum Gasteiger partial charge on any atom is -0.331 e. The number of hydrogen-bond acceptors (Lipinski definition) is 3. The van der Waals surface area contributed by atoms with Gasteiger partial charge in [-0.1, -0.05) is 12.1 Å². The van der Waals surface area contributed by atoms with Crippen LogP contribution in [-0.4, -0.2) is 25.3 Å². The van der Waals surface area contributed by atoms with Gasteiger partial charge in [-0.3, -0.25) is 9.19 Å². The number of aromatic amines is 1. The zero-order valence-electron chi connectivity index (χ0n) is 12.7. The lowest BCUT2D eigenvalue weighted by atomic mass is 10.1. The number of nitrogens with zero attached hydrogens (tertiary/aromatic N) is 2. The van der Waals surface area contributed by atoms with E-state index in [0.29, 0.717) is 21.9 Å². The summed E-state index contributed by atoms with van der Waals surface area (Å²) in [5, 5.41) is 0.290. The summed E-state index contributed by atoms with van der Waals surface area (Å²) in [7, 11) is -1.52. The van der Waals surface area contributed by atoms with Crippen molar-refractivity contribution in [3.05, 3.63) is 53.3 Å². The molecule has 2 aromatic heterocycles. The Hall–Kier alpha value is -2.22. The molecule has 0 radical (unpaired) electrons. The molecule has 0 saturated heterocycles. The molecule has 126 valence electrons. The van der Waals surface area contributed by atoms with Crippen molar-refractivity contribution in [3.8, 4) is 0 Å². The number of para-hydroxylation sites is 2. The second kappa shape index (κ2) is 6.35. The fraction of sp³-hybridized carbons (Fsp3) is 0.250. The Morgan fingerprint density at radius 2 is 1.96 bits per heavy atom. The maximum absolute atomic E-state index is 12.6. The van der Waals surface area contributed by atoms with Crippen LogP contribution >= 0.6 is 0 Å². The third-order valence-corrected chi connectivity index (χ3v) is 4.82. The minimum absolute atomic E-state index is 0.0113. The molecule has 0 fully saturated rings. The van der Waals surface area contributed by atoms with Crippen molar-refractivity contribution in [3.63, 3.8) is 0 Å². The van der Waals surface area contributed by atoms with Gasteiger partial charge >= 0.3 is 6.18 Å². The molecule has 0 bridgehead atoms. The normalized spacial score (nSPS) is 13.3. The molecule has 3 rings (SSSR count). The molecule has 0 unspecified atom stereocenters. The molecular formula is C16H14F3N3OS. The summed E-state index contributed by atoms with van der Waals surface area (Å²) in [6.45, 7) is 1.57. The number of halogens is 3. The van der Waals surface area contributed by atoms with E-state index in [0.717, 1.165) is 5.52 Å². The summed E-state index contributed by atoms with van der Waals surface area (Å²) in [5.74, 6) is 0.0113. The number of H-pyrrole nitrogens is 1. The zero-order valence-corrected chi connectivity index (χ0v) is 13.5. The lowest BCUT2D eigenvalue weighted by Gasteiger charge is -2.11. The van der Waals surface area contributed by atoms with Gasteiger partial charge in [-0.2, -0.15) is 13.2 Å². The van der Waals surface area contributed by atoms with Gasteiger partial charge in [0.05, 0.1) is 39.7 Å². The SMILES string of the molecule is Cc1c(CC(F)(F)F)ccnc1C[S@@](=O)c1nc2ccccc2[nH]1. The van der Waals surface area contributed by atoms with Crippen molar-refractivity contribution >= 4 is 21.8 Å². The summed E-state index contributed by atoms with van der Waals surface area (Å²) in [5.41, 5.74) is 2.40.